The van der Waals surface area contributed by atoms with E-state index in [1.807, 2.05) is 39.2 Å². The Labute approximate surface area is 180 Å². The van der Waals surface area contributed by atoms with Gasteiger partial charge in [0.1, 0.15) is 0 Å². The number of benzene rings is 1. The average molecular weight is 427 g/mol. The number of hydrogen-bond acceptors (Lipinski definition) is 7. The topological polar surface area (TPSA) is 130 Å². The number of amides is 2. The lowest BCUT2D eigenvalue weighted by atomic mass is 10.1. The van der Waals surface area contributed by atoms with Crippen LogP contribution < -0.4 is 21.3 Å². The molecule has 0 saturated carbocycles. The Morgan fingerprint density at radius 2 is 2.10 bits per heavy atom. The van der Waals surface area contributed by atoms with E-state index in [9.17, 15) is 9.59 Å². The first-order valence-electron chi connectivity index (χ1n) is 9.29. The molecule has 1 aromatic rings. The molecule has 2 rings (SSSR count). The van der Waals surface area contributed by atoms with E-state index in [1.165, 1.54) is 18.0 Å². The molecule has 1 aliphatic heterocycles. The fourth-order valence-electron chi connectivity index (χ4n) is 2.49. The number of hydrogen-bond donors (Lipinski definition) is 5. The van der Waals surface area contributed by atoms with Crippen LogP contribution in [0.1, 0.15) is 38.8 Å². The molecule has 1 aliphatic rings. The molecule has 158 valence electrons. The fourth-order valence-corrected chi connectivity index (χ4v) is 3.38. The summed E-state index contributed by atoms with van der Waals surface area (Å²) in [4.78, 5) is 23.8. The van der Waals surface area contributed by atoms with E-state index in [2.05, 4.69) is 27.3 Å². The molecule has 0 aromatic heterocycles. The Bertz CT molecular complexity index is 942. The minimum absolute atomic E-state index is 0.124. The van der Waals surface area contributed by atoms with Crippen molar-refractivity contribution in [1.29, 1.82) is 10.7 Å². The van der Waals surface area contributed by atoms with Gasteiger partial charge in [0.15, 0.2) is 4.99 Å². The summed E-state index contributed by atoms with van der Waals surface area (Å²) in [6, 6.07) is 9.28. The molecule has 1 unspecified atom stereocenters. The summed E-state index contributed by atoms with van der Waals surface area (Å²) in [5.41, 5.74) is 2.07. The molecule has 0 aliphatic carbocycles. The quantitative estimate of drug-likeness (QED) is 0.335. The first-order valence-corrected chi connectivity index (χ1v) is 10.2. The number of nitriles is 1. The van der Waals surface area contributed by atoms with Crippen LogP contribution in [0.5, 0.6) is 0 Å². The van der Waals surface area contributed by atoms with Gasteiger partial charge < -0.3 is 26.7 Å². The average Bonchev–Trinajstić information content (AvgIpc) is 3.07. The van der Waals surface area contributed by atoms with Crippen LogP contribution in [0.4, 0.5) is 0 Å². The number of thioether (sulfide) groups is 1. The zero-order valence-electron chi connectivity index (χ0n) is 17.4. The zero-order chi connectivity index (χ0) is 22.4. The molecule has 5 N–H and O–H groups in total. The van der Waals surface area contributed by atoms with Crippen LogP contribution in [0.3, 0.4) is 0 Å². The van der Waals surface area contributed by atoms with Gasteiger partial charge in [0.05, 0.1) is 29.4 Å². The summed E-state index contributed by atoms with van der Waals surface area (Å²) in [5.74, 6) is -0.888. The number of carbonyl (C=O) groups excluding carboxylic acids is 2. The van der Waals surface area contributed by atoms with Crippen molar-refractivity contribution < 1.29 is 9.59 Å². The molecule has 0 spiro atoms. The van der Waals surface area contributed by atoms with E-state index < -0.39 is 10.9 Å². The maximum absolute atomic E-state index is 12.3. The Hall–Kier alpha value is -3.25. The predicted molar refractivity (Wildman–Crippen MR) is 119 cm³/mol. The Morgan fingerprint density at radius 1 is 1.37 bits per heavy atom. The van der Waals surface area contributed by atoms with Gasteiger partial charge in [-0.05, 0) is 50.8 Å². The Balaban J connectivity index is 1.90. The standard InChI is InChI=1S/C21H26N6O2S/c1-20(2,3)25-11-16(10-23)19(29)24-12-18(28)27-21(4)26-17(13-30-21)15-7-5-6-14(8-15)9-22/h5-8,10-11,13,23,25-26H,12H2,1-4H3,(H,24,29)(H,27,28)/b16-11+,23-10?. The first kappa shape index (κ1) is 23.0. The minimum atomic E-state index is -0.784. The molecule has 0 bridgehead atoms. The highest BCUT2D eigenvalue weighted by Crippen LogP contribution is 2.33. The van der Waals surface area contributed by atoms with Crippen LogP contribution in [0.25, 0.3) is 5.70 Å². The number of carbonyl (C=O) groups is 2. The van der Waals surface area contributed by atoms with Crippen LogP contribution in [0.15, 0.2) is 41.4 Å². The van der Waals surface area contributed by atoms with Crippen LogP contribution in [-0.2, 0) is 9.59 Å². The predicted octanol–water partition coefficient (Wildman–Crippen LogP) is 2.02. The number of nitrogens with zero attached hydrogens (tertiary/aromatic N) is 1. The van der Waals surface area contributed by atoms with Crippen LogP contribution in [0, 0.1) is 16.7 Å². The summed E-state index contributed by atoms with van der Waals surface area (Å²) in [6.07, 6.45) is 2.40. The van der Waals surface area contributed by atoms with Crippen LogP contribution in [-0.4, -0.2) is 35.1 Å². The minimum Gasteiger partial charge on any atom is -0.386 e. The highest BCUT2D eigenvalue weighted by molar-refractivity contribution is 8.03. The number of nitrogens with one attached hydrogen (secondary N) is 5. The van der Waals surface area contributed by atoms with Crippen molar-refractivity contribution in [2.24, 2.45) is 0 Å². The molecule has 1 heterocycles. The molecule has 1 aromatic carbocycles. The number of rotatable bonds is 7. The molecule has 0 fully saturated rings. The molecule has 30 heavy (non-hydrogen) atoms. The molecule has 0 saturated heterocycles. The van der Waals surface area contributed by atoms with E-state index in [-0.39, 0.29) is 23.6 Å². The van der Waals surface area contributed by atoms with Gasteiger partial charge in [-0.1, -0.05) is 23.9 Å². The van der Waals surface area contributed by atoms with Crippen molar-refractivity contribution in [1.82, 2.24) is 21.3 Å². The van der Waals surface area contributed by atoms with Gasteiger partial charge in [-0.3, -0.25) is 9.59 Å². The monoisotopic (exact) mass is 426 g/mol. The van der Waals surface area contributed by atoms with Crippen LogP contribution in [0.2, 0.25) is 0 Å². The summed E-state index contributed by atoms with van der Waals surface area (Å²) in [5, 5.41) is 29.9. The Morgan fingerprint density at radius 3 is 2.73 bits per heavy atom. The van der Waals surface area contributed by atoms with E-state index in [0.717, 1.165) is 17.5 Å². The third kappa shape index (κ3) is 6.67. The van der Waals surface area contributed by atoms with Crippen molar-refractivity contribution in [2.75, 3.05) is 6.54 Å². The van der Waals surface area contributed by atoms with Gasteiger partial charge in [-0.2, -0.15) is 5.26 Å². The van der Waals surface area contributed by atoms with Crippen molar-refractivity contribution >= 4 is 35.5 Å². The summed E-state index contributed by atoms with van der Waals surface area (Å²) in [6.45, 7) is 7.38. The molecular weight excluding hydrogens is 400 g/mol. The van der Waals surface area contributed by atoms with Crippen molar-refractivity contribution in [3.05, 3.63) is 52.6 Å². The van der Waals surface area contributed by atoms with E-state index >= 15 is 0 Å². The SMILES string of the molecule is CC(C)(C)N/C=C(\C=N)C(=O)NCC(=O)NC1(C)NC(c2cccc(C#N)c2)=CS1. The molecule has 8 nitrogen and oxygen atoms in total. The highest BCUT2D eigenvalue weighted by Gasteiger charge is 2.32. The van der Waals surface area contributed by atoms with Crippen molar-refractivity contribution in [2.45, 2.75) is 38.2 Å². The normalized spacial score (nSPS) is 18.5. The second kappa shape index (κ2) is 9.50. The van der Waals surface area contributed by atoms with Gasteiger partial charge in [-0.25, -0.2) is 0 Å². The summed E-state index contributed by atoms with van der Waals surface area (Å²) in [7, 11) is 0. The third-order valence-electron chi connectivity index (χ3n) is 3.95. The third-order valence-corrected chi connectivity index (χ3v) is 4.98. The van der Waals surface area contributed by atoms with E-state index in [1.54, 1.807) is 18.2 Å². The molecule has 1 atom stereocenters. The van der Waals surface area contributed by atoms with E-state index in [0.29, 0.717) is 5.56 Å². The maximum atomic E-state index is 12.3. The summed E-state index contributed by atoms with van der Waals surface area (Å²) >= 11 is 1.39. The van der Waals surface area contributed by atoms with Gasteiger partial charge >= 0.3 is 0 Å². The van der Waals surface area contributed by atoms with Crippen molar-refractivity contribution in [3.8, 4) is 6.07 Å². The smallest absolute Gasteiger partial charge is 0.254 e. The second-order valence-corrected chi connectivity index (χ2v) is 9.16. The largest absolute Gasteiger partial charge is 0.386 e. The van der Waals surface area contributed by atoms with Gasteiger partial charge in [-0.15, -0.1) is 0 Å². The molecule has 0 radical (unpaired) electrons. The molecular formula is C21H26N6O2S. The van der Waals surface area contributed by atoms with Gasteiger partial charge in [0.2, 0.25) is 5.91 Å². The Kier molecular flexibility index (Phi) is 7.29. The maximum Gasteiger partial charge on any atom is 0.254 e. The first-order chi connectivity index (χ1) is 14.0. The van der Waals surface area contributed by atoms with Crippen molar-refractivity contribution in [3.63, 3.8) is 0 Å². The van der Waals surface area contributed by atoms with E-state index in [4.69, 9.17) is 10.7 Å². The fraction of sp³-hybridized carbons (Fsp3) is 0.333. The zero-order valence-corrected chi connectivity index (χ0v) is 18.2. The van der Waals surface area contributed by atoms with Gasteiger partial charge in [0, 0.05) is 18.0 Å². The van der Waals surface area contributed by atoms with Crippen LogP contribution >= 0.6 is 11.8 Å². The highest BCUT2D eigenvalue weighted by atomic mass is 32.2. The molecule has 9 heteroatoms. The lowest BCUT2D eigenvalue weighted by molar-refractivity contribution is -0.124. The second-order valence-electron chi connectivity index (χ2n) is 7.87. The molecule has 2 amide bonds. The lowest BCUT2D eigenvalue weighted by Crippen LogP contribution is -2.53. The van der Waals surface area contributed by atoms with Gasteiger partial charge in [0.25, 0.3) is 5.91 Å². The summed E-state index contributed by atoms with van der Waals surface area (Å²) < 4.78 is 0. The lowest BCUT2D eigenvalue weighted by Gasteiger charge is -2.27.